The molecule has 86 valence electrons. The van der Waals surface area contributed by atoms with Gasteiger partial charge in [0.25, 0.3) is 0 Å². The summed E-state index contributed by atoms with van der Waals surface area (Å²) in [6, 6.07) is 0.596. The van der Waals surface area contributed by atoms with Crippen molar-refractivity contribution in [2.75, 3.05) is 6.54 Å². The highest BCUT2D eigenvalue weighted by atomic mass is 16.3. The highest BCUT2D eigenvalue weighted by molar-refractivity contribution is 4.67. The number of nitrogens with one attached hydrogen (secondary N) is 1. The lowest BCUT2D eigenvalue weighted by Crippen LogP contribution is -2.32. The fraction of sp³-hybridized carbons (Fsp3) is 1.00. The van der Waals surface area contributed by atoms with Crippen LogP contribution in [0.15, 0.2) is 0 Å². The maximum Gasteiger partial charge on any atom is 0.0538 e. The molecule has 0 aromatic rings. The number of hydrogen-bond acceptors (Lipinski definition) is 2. The van der Waals surface area contributed by atoms with E-state index in [1.165, 1.54) is 6.42 Å². The van der Waals surface area contributed by atoms with E-state index in [0.717, 1.165) is 31.7 Å². The van der Waals surface area contributed by atoms with Crippen LogP contribution in [0.2, 0.25) is 0 Å². The number of hydrogen-bond donors (Lipinski definition) is 2. The van der Waals surface area contributed by atoms with E-state index in [1.807, 2.05) is 6.92 Å². The van der Waals surface area contributed by atoms with Crippen molar-refractivity contribution in [3.8, 4) is 0 Å². The Morgan fingerprint density at radius 3 is 2.29 bits per heavy atom. The summed E-state index contributed by atoms with van der Waals surface area (Å²) in [4.78, 5) is 0. The van der Waals surface area contributed by atoms with Gasteiger partial charge < -0.3 is 10.4 Å². The van der Waals surface area contributed by atoms with Crippen LogP contribution in [0, 0.1) is 5.92 Å². The third-order valence-electron chi connectivity index (χ3n) is 3.15. The van der Waals surface area contributed by atoms with Crippen LogP contribution >= 0.6 is 0 Å². The second kappa shape index (κ2) is 8.25. The molecule has 0 bridgehead atoms. The van der Waals surface area contributed by atoms with Crippen LogP contribution in [0.3, 0.4) is 0 Å². The van der Waals surface area contributed by atoms with Crippen molar-refractivity contribution in [3.63, 3.8) is 0 Å². The normalized spacial score (nSPS) is 17.8. The first-order valence-electron chi connectivity index (χ1n) is 6.03. The van der Waals surface area contributed by atoms with Gasteiger partial charge in [-0.1, -0.05) is 27.2 Å². The van der Waals surface area contributed by atoms with Gasteiger partial charge in [0.2, 0.25) is 0 Å². The molecule has 2 heteroatoms. The maximum atomic E-state index is 9.35. The third kappa shape index (κ3) is 6.39. The fourth-order valence-electron chi connectivity index (χ4n) is 1.43. The van der Waals surface area contributed by atoms with Crippen molar-refractivity contribution in [2.45, 2.75) is 65.5 Å². The van der Waals surface area contributed by atoms with Gasteiger partial charge in [-0.05, 0) is 38.6 Å². The Morgan fingerprint density at radius 2 is 1.79 bits per heavy atom. The molecule has 14 heavy (non-hydrogen) atoms. The molecular formula is C12H27NO. The van der Waals surface area contributed by atoms with Crippen LogP contribution in [0.5, 0.6) is 0 Å². The zero-order chi connectivity index (χ0) is 11.0. The summed E-state index contributed by atoms with van der Waals surface area (Å²) in [5.74, 6) is 0.742. The summed E-state index contributed by atoms with van der Waals surface area (Å²) < 4.78 is 0. The Bertz CT molecular complexity index is 127. The molecule has 0 aromatic heterocycles. The first kappa shape index (κ1) is 13.9. The van der Waals surface area contributed by atoms with Gasteiger partial charge in [-0.3, -0.25) is 0 Å². The fourth-order valence-corrected chi connectivity index (χ4v) is 1.43. The smallest absolute Gasteiger partial charge is 0.0538 e. The molecule has 0 radical (unpaired) electrons. The van der Waals surface area contributed by atoms with Gasteiger partial charge in [-0.25, -0.2) is 0 Å². The highest BCUT2D eigenvalue weighted by Crippen LogP contribution is 2.07. The van der Waals surface area contributed by atoms with Crippen LogP contribution in [-0.4, -0.2) is 23.8 Å². The molecular weight excluding hydrogens is 174 g/mol. The lowest BCUT2D eigenvalue weighted by molar-refractivity contribution is 0.156. The summed E-state index contributed by atoms with van der Waals surface area (Å²) in [6.45, 7) is 9.80. The van der Waals surface area contributed by atoms with Crippen molar-refractivity contribution in [3.05, 3.63) is 0 Å². The zero-order valence-electron chi connectivity index (χ0n) is 10.2. The SMILES string of the molecule is CCC(O)CCCNC(C)C(C)CC. The lowest BCUT2D eigenvalue weighted by Gasteiger charge is -2.20. The Labute approximate surface area is 89.1 Å². The minimum absolute atomic E-state index is 0.101. The number of rotatable bonds is 8. The predicted molar refractivity (Wildman–Crippen MR) is 62.5 cm³/mol. The lowest BCUT2D eigenvalue weighted by atomic mass is 10.0. The van der Waals surface area contributed by atoms with Crippen molar-refractivity contribution < 1.29 is 5.11 Å². The van der Waals surface area contributed by atoms with E-state index in [2.05, 4.69) is 26.1 Å². The molecule has 2 N–H and O–H groups in total. The average Bonchev–Trinajstić information content (AvgIpc) is 2.22. The van der Waals surface area contributed by atoms with E-state index in [-0.39, 0.29) is 6.10 Å². The van der Waals surface area contributed by atoms with Crippen molar-refractivity contribution in [1.29, 1.82) is 0 Å². The molecule has 0 saturated carbocycles. The second-order valence-corrected chi connectivity index (χ2v) is 4.33. The summed E-state index contributed by atoms with van der Waals surface area (Å²) in [5, 5.41) is 12.9. The molecule has 0 saturated heterocycles. The van der Waals surface area contributed by atoms with Crippen LogP contribution in [0.1, 0.15) is 53.4 Å². The molecule has 0 aliphatic heterocycles. The van der Waals surface area contributed by atoms with Gasteiger partial charge in [0, 0.05) is 6.04 Å². The largest absolute Gasteiger partial charge is 0.393 e. The first-order valence-corrected chi connectivity index (χ1v) is 6.03. The Balaban J connectivity index is 3.35. The number of aliphatic hydroxyl groups excluding tert-OH is 1. The molecule has 0 aromatic carbocycles. The summed E-state index contributed by atoms with van der Waals surface area (Å²) in [7, 11) is 0. The topological polar surface area (TPSA) is 32.3 Å². The summed E-state index contributed by atoms with van der Waals surface area (Å²) in [6.07, 6.45) is 4.01. The second-order valence-electron chi connectivity index (χ2n) is 4.33. The highest BCUT2D eigenvalue weighted by Gasteiger charge is 2.08. The van der Waals surface area contributed by atoms with Gasteiger partial charge in [0.1, 0.15) is 0 Å². The molecule has 0 heterocycles. The quantitative estimate of drug-likeness (QED) is 0.592. The third-order valence-corrected chi connectivity index (χ3v) is 3.15. The molecule has 3 unspecified atom stereocenters. The van der Waals surface area contributed by atoms with Crippen molar-refractivity contribution in [1.82, 2.24) is 5.32 Å². The minimum Gasteiger partial charge on any atom is -0.393 e. The van der Waals surface area contributed by atoms with Gasteiger partial charge in [-0.2, -0.15) is 0 Å². The van der Waals surface area contributed by atoms with Gasteiger partial charge >= 0.3 is 0 Å². The van der Waals surface area contributed by atoms with E-state index in [4.69, 9.17) is 0 Å². The Morgan fingerprint density at radius 1 is 1.14 bits per heavy atom. The van der Waals surface area contributed by atoms with E-state index >= 15 is 0 Å². The molecule has 0 amide bonds. The minimum atomic E-state index is -0.101. The molecule has 0 aliphatic carbocycles. The molecule has 0 rings (SSSR count). The number of aliphatic hydroxyl groups is 1. The summed E-state index contributed by atoms with van der Waals surface area (Å²) >= 11 is 0. The summed E-state index contributed by atoms with van der Waals surface area (Å²) in [5.41, 5.74) is 0. The van der Waals surface area contributed by atoms with Gasteiger partial charge in [0.05, 0.1) is 6.10 Å². The van der Waals surface area contributed by atoms with Crippen LogP contribution < -0.4 is 5.32 Å². The van der Waals surface area contributed by atoms with Crippen LogP contribution in [0.4, 0.5) is 0 Å². The van der Waals surface area contributed by atoms with Crippen LogP contribution in [-0.2, 0) is 0 Å². The first-order chi connectivity index (χ1) is 6.61. The Hall–Kier alpha value is -0.0800. The zero-order valence-corrected chi connectivity index (χ0v) is 10.2. The monoisotopic (exact) mass is 201 g/mol. The molecule has 3 atom stereocenters. The standard InChI is InChI=1S/C12H27NO/c1-5-10(3)11(4)13-9-7-8-12(14)6-2/h10-14H,5-9H2,1-4H3. The Kier molecular flexibility index (Phi) is 8.20. The maximum absolute atomic E-state index is 9.35. The molecule has 0 aliphatic rings. The van der Waals surface area contributed by atoms with Crippen LogP contribution in [0.25, 0.3) is 0 Å². The average molecular weight is 201 g/mol. The molecule has 2 nitrogen and oxygen atoms in total. The predicted octanol–water partition coefficient (Wildman–Crippen LogP) is 2.56. The van der Waals surface area contributed by atoms with E-state index in [0.29, 0.717) is 6.04 Å². The molecule has 0 fully saturated rings. The van der Waals surface area contributed by atoms with E-state index in [9.17, 15) is 5.11 Å². The van der Waals surface area contributed by atoms with Gasteiger partial charge in [0.15, 0.2) is 0 Å². The van der Waals surface area contributed by atoms with E-state index < -0.39 is 0 Å². The molecule has 0 spiro atoms. The van der Waals surface area contributed by atoms with Crippen molar-refractivity contribution >= 4 is 0 Å². The van der Waals surface area contributed by atoms with E-state index in [1.54, 1.807) is 0 Å². The van der Waals surface area contributed by atoms with Gasteiger partial charge in [-0.15, -0.1) is 0 Å². The van der Waals surface area contributed by atoms with Crippen molar-refractivity contribution in [2.24, 2.45) is 5.92 Å².